The zero-order valence-corrected chi connectivity index (χ0v) is 8.50. The van der Waals surface area contributed by atoms with Gasteiger partial charge in [-0.15, -0.1) is 0 Å². The van der Waals surface area contributed by atoms with E-state index in [1.165, 1.54) is 12.1 Å². The van der Waals surface area contributed by atoms with Gasteiger partial charge in [-0.2, -0.15) is 0 Å². The number of allylic oxidation sites excluding steroid dienone is 2. The maximum absolute atomic E-state index is 12.9. The monoisotopic (exact) mass is 191 g/mol. The zero-order chi connectivity index (χ0) is 10.4. The molecule has 0 aliphatic rings. The molecule has 0 aromatic heterocycles. The van der Waals surface area contributed by atoms with Crippen molar-refractivity contribution in [2.45, 2.75) is 13.3 Å². The van der Waals surface area contributed by atoms with Crippen LogP contribution >= 0.6 is 0 Å². The Balaban J connectivity index is 2.96. The third-order valence-corrected chi connectivity index (χ3v) is 1.87. The van der Waals surface area contributed by atoms with Crippen LogP contribution in [0, 0.1) is 5.82 Å². The van der Waals surface area contributed by atoms with Gasteiger partial charge in [0.15, 0.2) is 0 Å². The Morgan fingerprint density at radius 1 is 1.50 bits per heavy atom. The summed E-state index contributed by atoms with van der Waals surface area (Å²) in [4.78, 5) is 4.10. The summed E-state index contributed by atoms with van der Waals surface area (Å²) in [5, 5.41) is 0. The smallest absolute Gasteiger partial charge is 0.123 e. The molecule has 0 unspecified atom stereocenters. The number of nitrogens with zero attached hydrogens (tertiary/aromatic N) is 1. The van der Waals surface area contributed by atoms with Gasteiger partial charge in [-0.05, 0) is 24.6 Å². The molecule has 1 aromatic carbocycles. The van der Waals surface area contributed by atoms with Crippen molar-refractivity contribution >= 4 is 5.71 Å². The van der Waals surface area contributed by atoms with Crippen molar-refractivity contribution in [3.63, 3.8) is 0 Å². The molecule has 0 aliphatic heterocycles. The second-order valence-corrected chi connectivity index (χ2v) is 2.93. The molecule has 0 amide bonds. The molecule has 0 radical (unpaired) electrons. The van der Waals surface area contributed by atoms with Crippen LogP contribution in [0.15, 0.2) is 41.4 Å². The standard InChI is InChI=1S/C12H14FN/c1-3-4-8-12(14-2)10-6-5-7-11(13)9-10/h4-9H,3H2,1-2H3/b8-4-,14-12+. The summed E-state index contributed by atoms with van der Waals surface area (Å²) in [6.45, 7) is 2.05. The molecule has 0 saturated heterocycles. The van der Waals surface area contributed by atoms with Gasteiger partial charge in [-0.3, -0.25) is 4.99 Å². The minimum absolute atomic E-state index is 0.228. The molecule has 0 heterocycles. The van der Waals surface area contributed by atoms with Crippen LogP contribution in [0.5, 0.6) is 0 Å². The lowest BCUT2D eigenvalue weighted by Crippen LogP contribution is -1.96. The third-order valence-electron chi connectivity index (χ3n) is 1.87. The minimum atomic E-state index is -0.228. The first-order chi connectivity index (χ1) is 6.77. The highest BCUT2D eigenvalue weighted by Gasteiger charge is 1.99. The minimum Gasteiger partial charge on any atom is -0.288 e. The molecule has 0 aliphatic carbocycles. The van der Waals surface area contributed by atoms with Crippen molar-refractivity contribution < 1.29 is 4.39 Å². The van der Waals surface area contributed by atoms with E-state index in [-0.39, 0.29) is 5.82 Å². The quantitative estimate of drug-likeness (QED) is 0.650. The van der Waals surface area contributed by atoms with Crippen LogP contribution in [-0.4, -0.2) is 12.8 Å². The van der Waals surface area contributed by atoms with E-state index in [9.17, 15) is 4.39 Å². The molecule has 0 fully saturated rings. The summed E-state index contributed by atoms with van der Waals surface area (Å²) >= 11 is 0. The number of aliphatic imine (C=N–C) groups is 1. The number of benzene rings is 1. The van der Waals surface area contributed by atoms with Gasteiger partial charge >= 0.3 is 0 Å². The third kappa shape index (κ3) is 2.80. The molecule has 0 saturated carbocycles. The van der Waals surface area contributed by atoms with E-state index in [1.807, 2.05) is 18.2 Å². The molecular weight excluding hydrogens is 177 g/mol. The van der Waals surface area contributed by atoms with Gasteiger partial charge in [0.1, 0.15) is 5.82 Å². The highest BCUT2D eigenvalue weighted by molar-refractivity contribution is 6.08. The number of rotatable bonds is 3. The lowest BCUT2D eigenvalue weighted by molar-refractivity contribution is 0.627. The highest BCUT2D eigenvalue weighted by atomic mass is 19.1. The van der Waals surface area contributed by atoms with Crippen molar-refractivity contribution in [3.8, 4) is 0 Å². The van der Waals surface area contributed by atoms with Crippen LogP contribution < -0.4 is 0 Å². The van der Waals surface area contributed by atoms with E-state index in [4.69, 9.17) is 0 Å². The Hall–Kier alpha value is -1.44. The van der Waals surface area contributed by atoms with E-state index in [2.05, 4.69) is 11.9 Å². The normalized spacial score (nSPS) is 12.4. The van der Waals surface area contributed by atoms with E-state index in [0.29, 0.717) is 0 Å². The van der Waals surface area contributed by atoms with E-state index < -0.39 is 0 Å². The lowest BCUT2D eigenvalue weighted by atomic mass is 10.1. The fraction of sp³-hybridized carbons (Fsp3) is 0.250. The molecule has 0 N–H and O–H groups in total. The Morgan fingerprint density at radius 3 is 2.86 bits per heavy atom. The molecule has 14 heavy (non-hydrogen) atoms. The predicted octanol–water partition coefficient (Wildman–Crippen LogP) is 3.21. The van der Waals surface area contributed by atoms with Crippen LogP contribution in [0.1, 0.15) is 18.9 Å². The maximum Gasteiger partial charge on any atom is 0.123 e. The average Bonchev–Trinajstić information content (AvgIpc) is 2.19. The molecule has 74 valence electrons. The van der Waals surface area contributed by atoms with Crippen LogP contribution in [0.4, 0.5) is 4.39 Å². The lowest BCUT2D eigenvalue weighted by Gasteiger charge is -2.00. The van der Waals surface area contributed by atoms with Crippen LogP contribution in [0.2, 0.25) is 0 Å². The summed E-state index contributed by atoms with van der Waals surface area (Å²) in [6.07, 6.45) is 4.87. The van der Waals surface area contributed by atoms with Crippen LogP contribution in [0.3, 0.4) is 0 Å². The summed E-state index contributed by atoms with van der Waals surface area (Å²) < 4.78 is 12.9. The Morgan fingerprint density at radius 2 is 2.29 bits per heavy atom. The first-order valence-electron chi connectivity index (χ1n) is 4.67. The summed E-state index contributed by atoms with van der Waals surface area (Å²) in [7, 11) is 1.71. The molecule has 1 nitrogen and oxygen atoms in total. The first kappa shape index (κ1) is 10.6. The molecule has 0 atom stereocenters. The highest BCUT2D eigenvalue weighted by Crippen LogP contribution is 2.06. The van der Waals surface area contributed by atoms with Crippen molar-refractivity contribution in [2.24, 2.45) is 4.99 Å². The summed E-state index contributed by atoms with van der Waals surface area (Å²) in [6, 6.07) is 6.46. The second-order valence-electron chi connectivity index (χ2n) is 2.93. The largest absolute Gasteiger partial charge is 0.288 e. The number of halogens is 1. The molecular formula is C12H14FN. The van der Waals surface area contributed by atoms with Crippen molar-refractivity contribution in [2.75, 3.05) is 7.05 Å². The van der Waals surface area contributed by atoms with Gasteiger partial charge in [-0.1, -0.05) is 25.1 Å². The number of hydrogen-bond donors (Lipinski definition) is 0. The molecule has 2 heteroatoms. The van der Waals surface area contributed by atoms with Gasteiger partial charge < -0.3 is 0 Å². The van der Waals surface area contributed by atoms with Crippen LogP contribution in [0.25, 0.3) is 0 Å². The first-order valence-corrected chi connectivity index (χ1v) is 4.67. The van der Waals surface area contributed by atoms with E-state index in [1.54, 1.807) is 13.1 Å². The van der Waals surface area contributed by atoms with Gasteiger partial charge in [0.2, 0.25) is 0 Å². The Labute approximate surface area is 84.0 Å². The van der Waals surface area contributed by atoms with Gasteiger partial charge in [0.05, 0.1) is 5.71 Å². The van der Waals surface area contributed by atoms with Crippen molar-refractivity contribution in [1.82, 2.24) is 0 Å². The van der Waals surface area contributed by atoms with Crippen LogP contribution in [-0.2, 0) is 0 Å². The second kappa shape index (κ2) is 5.32. The molecule has 1 rings (SSSR count). The number of hydrogen-bond acceptors (Lipinski definition) is 1. The fourth-order valence-corrected chi connectivity index (χ4v) is 1.18. The fourth-order valence-electron chi connectivity index (χ4n) is 1.18. The van der Waals surface area contributed by atoms with Gasteiger partial charge in [0, 0.05) is 12.6 Å². The molecule has 0 spiro atoms. The summed E-state index contributed by atoms with van der Waals surface area (Å²) in [5.41, 5.74) is 1.63. The SMILES string of the molecule is CC/C=C\C(=N/C)c1cccc(F)c1. The van der Waals surface area contributed by atoms with Crippen molar-refractivity contribution in [1.29, 1.82) is 0 Å². The Kier molecular flexibility index (Phi) is 4.05. The summed E-state index contributed by atoms with van der Waals surface area (Å²) in [5.74, 6) is -0.228. The van der Waals surface area contributed by atoms with Crippen molar-refractivity contribution in [3.05, 3.63) is 47.8 Å². The predicted molar refractivity (Wildman–Crippen MR) is 58.3 cm³/mol. The van der Waals surface area contributed by atoms with E-state index in [0.717, 1.165) is 17.7 Å². The van der Waals surface area contributed by atoms with Gasteiger partial charge in [-0.25, -0.2) is 4.39 Å². The van der Waals surface area contributed by atoms with Gasteiger partial charge in [0.25, 0.3) is 0 Å². The Bertz CT molecular complexity index is 353. The topological polar surface area (TPSA) is 12.4 Å². The molecule has 1 aromatic rings. The molecule has 0 bridgehead atoms. The maximum atomic E-state index is 12.9. The zero-order valence-electron chi connectivity index (χ0n) is 8.50. The average molecular weight is 191 g/mol. The van der Waals surface area contributed by atoms with E-state index >= 15 is 0 Å².